The smallest absolute Gasteiger partial charge is 0.322 e. The molecule has 0 radical (unpaired) electrons. The van der Waals surface area contributed by atoms with Gasteiger partial charge in [0.05, 0.1) is 0 Å². The van der Waals surface area contributed by atoms with Crippen molar-refractivity contribution in [3.05, 3.63) is 47.1 Å². The van der Waals surface area contributed by atoms with Crippen LogP contribution in [0.4, 0.5) is 24.9 Å². The number of anilines is 2. The maximum absolute atomic E-state index is 13.9. The van der Waals surface area contributed by atoms with Gasteiger partial charge in [-0.3, -0.25) is 0 Å². The maximum atomic E-state index is 13.9. The minimum atomic E-state index is -2.64. The van der Waals surface area contributed by atoms with Gasteiger partial charge in [-0.1, -0.05) is 11.6 Å². The third-order valence-electron chi connectivity index (χ3n) is 7.53. The van der Waals surface area contributed by atoms with Crippen LogP contribution in [0.5, 0.6) is 11.8 Å². The van der Waals surface area contributed by atoms with Gasteiger partial charge in [-0.2, -0.15) is 4.98 Å². The molecule has 2 bridgehead atoms. The van der Waals surface area contributed by atoms with Crippen molar-refractivity contribution in [2.24, 2.45) is 17.8 Å². The Morgan fingerprint density at radius 3 is 2.54 bits per heavy atom. The topological polar surface area (TPSA) is 81.0 Å². The molecule has 0 amide bonds. The summed E-state index contributed by atoms with van der Waals surface area (Å²) in [6.45, 7) is 3.90. The molecule has 8 nitrogen and oxygen atoms in total. The van der Waals surface area contributed by atoms with E-state index in [1.807, 2.05) is 13.0 Å². The Hall–Kier alpha value is -3.08. The fourth-order valence-electron chi connectivity index (χ4n) is 5.84. The fourth-order valence-corrected chi connectivity index (χ4v) is 6.05. The van der Waals surface area contributed by atoms with Crippen LogP contribution < -0.4 is 15.0 Å². The van der Waals surface area contributed by atoms with Gasteiger partial charge in [-0.15, -0.1) is 5.10 Å². The van der Waals surface area contributed by atoms with Gasteiger partial charge in [0.1, 0.15) is 23.7 Å². The highest BCUT2D eigenvalue weighted by Gasteiger charge is 2.46. The van der Waals surface area contributed by atoms with Crippen molar-refractivity contribution in [1.82, 2.24) is 24.7 Å². The number of alkyl halides is 2. The van der Waals surface area contributed by atoms with Gasteiger partial charge in [0.25, 0.3) is 0 Å². The predicted molar refractivity (Wildman–Crippen MR) is 132 cm³/mol. The minimum Gasteiger partial charge on any atom is -0.424 e. The molecule has 3 fully saturated rings. The van der Waals surface area contributed by atoms with Crippen molar-refractivity contribution in [2.45, 2.75) is 51.1 Å². The van der Waals surface area contributed by atoms with Gasteiger partial charge in [0.15, 0.2) is 0 Å². The Labute approximate surface area is 217 Å². The molecule has 3 aliphatic rings. The number of hydrogen-bond acceptors (Lipinski definition) is 7. The highest BCUT2D eigenvalue weighted by Crippen LogP contribution is 2.44. The van der Waals surface area contributed by atoms with Gasteiger partial charge in [-0.25, -0.2) is 27.8 Å². The van der Waals surface area contributed by atoms with E-state index < -0.39 is 11.7 Å². The summed E-state index contributed by atoms with van der Waals surface area (Å²) in [7, 11) is 0. The van der Waals surface area contributed by atoms with Gasteiger partial charge in [0.2, 0.25) is 11.9 Å². The number of hydrogen-bond donors (Lipinski definition) is 1. The molecule has 196 valence electrons. The Kier molecular flexibility index (Phi) is 6.13. The molecule has 37 heavy (non-hydrogen) atoms. The predicted octanol–water partition coefficient (Wildman–Crippen LogP) is 5.33. The second-order valence-corrected chi connectivity index (χ2v) is 10.9. The van der Waals surface area contributed by atoms with E-state index in [1.54, 1.807) is 6.33 Å². The number of halogens is 4. The van der Waals surface area contributed by atoms with Crippen LogP contribution in [0.25, 0.3) is 0 Å². The van der Waals surface area contributed by atoms with E-state index >= 15 is 0 Å². The molecule has 2 aliphatic carbocycles. The Bertz CT molecular complexity index is 1260. The molecule has 12 heteroatoms. The van der Waals surface area contributed by atoms with E-state index in [2.05, 4.69) is 30.3 Å². The molecular weight excluding hydrogens is 507 g/mol. The second-order valence-electron chi connectivity index (χ2n) is 10.4. The molecular formula is C25H27ClF3N7O. The monoisotopic (exact) mass is 533 g/mol. The molecule has 1 N–H and O–H groups in total. The first-order chi connectivity index (χ1) is 17.7. The van der Waals surface area contributed by atoms with E-state index in [0.717, 1.165) is 37.4 Å². The van der Waals surface area contributed by atoms with Gasteiger partial charge in [0, 0.05) is 61.4 Å². The quantitative estimate of drug-likeness (QED) is 0.439. The Balaban J connectivity index is 1.20. The molecule has 1 saturated heterocycles. The highest BCUT2D eigenvalue weighted by molar-refractivity contribution is 6.30. The molecule has 3 atom stereocenters. The number of nitrogens with one attached hydrogen (secondary N) is 1. The zero-order valence-electron chi connectivity index (χ0n) is 20.2. The summed E-state index contributed by atoms with van der Waals surface area (Å²) in [6.07, 6.45) is 3.34. The van der Waals surface area contributed by atoms with Gasteiger partial charge < -0.3 is 15.0 Å². The standard InChI is InChI=1S/C25H27ClF3N7O/c1-14-4-21(31-13-30-14)35-11-16-2-3-17(12-35)22(16)32-23-33-24(37-20-6-18(26)5-19(27)7-20)36(34-23)10-15-8-25(28,29)9-15/h4-7,13,15-17,22H,2-3,8-12H2,1H3,(H,32,34)/t16-,17+,22+. The van der Waals surface area contributed by atoms with Crippen LogP contribution in [-0.4, -0.2) is 49.8 Å². The lowest BCUT2D eigenvalue weighted by Crippen LogP contribution is -2.48. The van der Waals surface area contributed by atoms with E-state index in [0.29, 0.717) is 17.8 Å². The summed E-state index contributed by atoms with van der Waals surface area (Å²) in [4.78, 5) is 15.5. The summed E-state index contributed by atoms with van der Waals surface area (Å²) in [6, 6.07) is 6.12. The van der Waals surface area contributed by atoms with Crippen LogP contribution in [0.1, 0.15) is 31.4 Å². The van der Waals surface area contributed by atoms with Crippen LogP contribution in [0.2, 0.25) is 5.02 Å². The van der Waals surface area contributed by atoms with Crippen molar-refractivity contribution < 1.29 is 17.9 Å². The summed E-state index contributed by atoms with van der Waals surface area (Å²) in [5.74, 6) is -1.21. The maximum Gasteiger partial charge on any atom is 0.322 e. The molecule has 2 aromatic heterocycles. The summed E-state index contributed by atoms with van der Waals surface area (Å²) < 4.78 is 48.1. The van der Waals surface area contributed by atoms with E-state index in [-0.39, 0.29) is 48.1 Å². The first-order valence-electron chi connectivity index (χ1n) is 12.5. The molecule has 1 aromatic carbocycles. The fraction of sp³-hybridized carbons (Fsp3) is 0.520. The zero-order chi connectivity index (χ0) is 25.7. The van der Waals surface area contributed by atoms with Crippen molar-refractivity contribution in [3.8, 4) is 11.8 Å². The third kappa shape index (κ3) is 5.18. The van der Waals surface area contributed by atoms with Crippen molar-refractivity contribution in [2.75, 3.05) is 23.3 Å². The van der Waals surface area contributed by atoms with E-state index in [1.165, 1.54) is 22.9 Å². The Morgan fingerprint density at radius 1 is 1.11 bits per heavy atom. The lowest BCUT2D eigenvalue weighted by Gasteiger charge is -2.38. The number of nitrogens with zero attached hydrogens (tertiary/aromatic N) is 6. The molecule has 6 rings (SSSR count). The van der Waals surface area contributed by atoms with Crippen LogP contribution in [0.15, 0.2) is 30.6 Å². The number of aryl methyl sites for hydroxylation is 1. The molecule has 3 heterocycles. The lowest BCUT2D eigenvalue weighted by molar-refractivity contribution is -0.115. The average molecular weight is 534 g/mol. The van der Waals surface area contributed by atoms with Crippen molar-refractivity contribution >= 4 is 23.4 Å². The Morgan fingerprint density at radius 2 is 1.86 bits per heavy atom. The first kappa shape index (κ1) is 24.3. The van der Waals surface area contributed by atoms with Crippen molar-refractivity contribution in [1.29, 1.82) is 0 Å². The molecule has 1 aliphatic heterocycles. The average Bonchev–Trinajstić information content (AvgIpc) is 3.26. The molecule has 0 unspecified atom stereocenters. The first-order valence-corrected chi connectivity index (χ1v) is 12.9. The van der Waals surface area contributed by atoms with Crippen LogP contribution >= 0.6 is 11.6 Å². The molecule has 0 spiro atoms. The minimum absolute atomic E-state index is 0.112. The molecule has 3 aromatic rings. The van der Waals surface area contributed by atoms with Gasteiger partial charge >= 0.3 is 6.01 Å². The van der Waals surface area contributed by atoms with Gasteiger partial charge in [-0.05, 0) is 49.7 Å². The number of benzene rings is 1. The SMILES string of the molecule is Cc1cc(N2C[C@H]3CC[C@@H](C2)[C@H]3Nc2nc(Oc3cc(F)cc(Cl)c3)n(CC3CC(F)(F)C3)n2)ncn1. The normalized spacial score (nSPS) is 24.7. The van der Waals surface area contributed by atoms with E-state index in [9.17, 15) is 13.2 Å². The number of ether oxygens (including phenoxy) is 1. The number of fused-ring (bicyclic) bond motifs is 2. The summed E-state index contributed by atoms with van der Waals surface area (Å²) in [5, 5.41) is 8.24. The summed E-state index contributed by atoms with van der Waals surface area (Å²) >= 11 is 5.97. The molecule has 2 saturated carbocycles. The third-order valence-corrected chi connectivity index (χ3v) is 7.75. The zero-order valence-corrected chi connectivity index (χ0v) is 21.0. The highest BCUT2D eigenvalue weighted by atomic mass is 35.5. The number of aromatic nitrogens is 5. The second kappa shape index (κ2) is 9.34. The lowest BCUT2D eigenvalue weighted by atomic mass is 9.81. The van der Waals surface area contributed by atoms with Crippen LogP contribution in [0.3, 0.4) is 0 Å². The summed E-state index contributed by atoms with van der Waals surface area (Å²) in [5.41, 5.74) is 0.934. The largest absolute Gasteiger partial charge is 0.424 e. The van der Waals surface area contributed by atoms with E-state index in [4.69, 9.17) is 16.3 Å². The number of rotatable bonds is 7. The van der Waals surface area contributed by atoms with Crippen molar-refractivity contribution in [3.63, 3.8) is 0 Å². The van der Waals surface area contributed by atoms with Crippen LogP contribution in [-0.2, 0) is 6.54 Å². The van der Waals surface area contributed by atoms with Crippen LogP contribution in [0, 0.1) is 30.5 Å². The number of piperidine rings is 1.